The van der Waals surface area contributed by atoms with Crippen molar-refractivity contribution in [3.63, 3.8) is 0 Å². The third kappa shape index (κ3) is 93.7. The second kappa shape index (κ2) is 10.9. The topological polar surface area (TPSA) is 14.1 Å². The molecule has 0 bridgehead atoms. The number of nitrogens with zero attached hydrogens (tertiary/aromatic N) is 1. The van der Waals surface area contributed by atoms with E-state index in [-0.39, 0.29) is 24.0 Å². The maximum Gasteiger partial charge on any atom is 0.256 e. The van der Waals surface area contributed by atoms with Crippen LogP contribution in [-0.2, 0) is 0 Å². The molecule has 2 heteroatoms. The van der Waals surface area contributed by atoms with Gasteiger partial charge in [-0.25, -0.2) is 0 Å². The lowest BCUT2D eigenvalue weighted by atomic mass is 11.6. The lowest BCUT2D eigenvalue weighted by Crippen LogP contribution is -3.00. The highest BCUT2D eigenvalue weighted by molar-refractivity contribution is 5.32. The standard InChI is InChI=1S/C2H4N.HI/c1-3-2;/h1-2H2;1H/q+1;/p-1. The van der Waals surface area contributed by atoms with Gasteiger partial charge in [-0.1, -0.05) is 0 Å². The van der Waals surface area contributed by atoms with Crippen molar-refractivity contribution in [3.8, 4) is 0 Å². The van der Waals surface area contributed by atoms with Crippen LogP contribution in [0.2, 0.25) is 0 Å². The number of rotatable bonds is 0. The van der Waals surface area contributed by atoms with Gasteiger partial charge < -0.3 is 24.0 Å². The molecule has 0 aromatic rings. The molecule has 0 aliphatic rings. The van der Waals surface area contributed by atoms with Gasteiger partial charge in [0, 0.05) is 0 Å². The van der Waals surface area contributed by atoms with Crippen LogP contribution in [0.4, 0.5) is 0 Å². The minimum Gasteiger partial charge on any atom is -1.00 e. The van der Waals surface area contributed by atoms with Crippen LogP contribution in [0.5, 0.6) is 0 Å². The number of hydrogen-bond donors (Lipinski definition) is 0. The Morgan fingerprint density at radius 1 is 1.25 bits per heavy atom. The summed E-state index contributed by atoms with van der Waals surface area (Å²) in [6, 6.07) is 0. The highest BCUT2D eigenvalue weighted by Crippen LogP contribution is 0.626. The first-order chi connectivity index (χ1) is 1.41. The normalized spacial score (nSPS) is 2.00. The molecular weight excluding hydrogens is 165 g/mol. The lowest BCUT2D eigenvalue weighted by Gasteiger charge is -1.00. The Morgan fingerprint density at radius 3 is 1.25 bits per heavy atom. The van der Waals surface area contributed by atoms with E-state index in [0.717, 1.165) is 0 Å². The maximum atomic E-state index is 3.00. The van der Waals surface area contributed by atoms with Crippen molar-refractivity contribution in [2.75, 3.05) is 0 Å². The summed E-state index contributed by atoms with van der Waals surface area (Å²) in [4.78, 5) is 0. The SMILES string of the molecule is C=[N+]=C.[I-]. The predicted octanol–water partition coefficient (Wildman–Crippen LogP) is -3.54. The van der Waals surface area contributed by atoms with Crippen molar-refractivity contribution in [1.29, 1.82) is 0 Å². The van der Waals surface area contributed by atoms with Crippen LogP contribution >= 0.6 is 0 Å². The Balaban J connectivity index is 0. The van der Waals surface area contributed by atoms with E-state index in [4.69, 9.17) is 0 Å². The molecule has 0 atom stereocenters. The molecule has 0 radical (unpaired) electrons. The molecule has 0 rings (SSSR count). The molecule has 0 aromatic carbocycles. The summed E-state index contributed by atoms with van der Waals surface area (Å²) >= 11 is 0. The molecule has 0 unspecified atom stereocenters. The summed E-state index contributed by atoms with van der Waals surface area (Å²) in [5.74, 6) is 0. The lowest BCUT2D eigenvalue weighted by molar-refractivity contribution is -0.000000666. The van der Waals surface area contributed by atoms with Gasteiger partial charge in [-0.2, -0.15) is 0 Å². The highest BCUT2D eigenvalue weighted by atomic mass is 127. The molecule has 0 heterocycles. The fourth-order valence-corrected chi connectivity index (χ4v) is 0. The van der Waals surface area contributed by atoms with Gasteiger partial charge in [0.2, 0.25) is 0 Å². The maximum absolute atomic E-state index is 3.00. The van der Waals surface area contributed by atoms with E-state index >= 15 is 0 Å². The fraction of sp³-hybridized carbons (Fsp3) is 0. The van der Waals surface area contributed by atoms with Crippen LogP contribution < -0.4 is 28.6 Å². The van der Waals surface area contributed by atoms with E-state index in [0.29, 0.717) is 0 Å². The van der Waals surface area contributed by atoms with Gasteiger partial charge >= 0.3 is 0 Å². The van der Waals surface area contributed by atoms with E-state index in [1.165, 1.54) is 0 Å². The summed E-state index contributed by atoms with van der Waals surface area (Å²) in [5, 5.41) is 0. The monoisotopic (exact) mass is 169 g/mol. The summed E-state index contributed by atoms with van der Waals surface area (Å²) in [6.07, 6.45) is 0. The van der Waals surface area contributed by atoms with Crippen molar-refractivity contribution in [2.45, 2.75) is 0 Å². The van der Waals surface area contributed by atoms with Gasteiger partial charge in [-0.15, -0.1) is 4.67 Å². The van der Waals surface area contributed by atoms with Crippen molar-refractivity contribution in [1.82, 2.24) is 4.67 Å². The molecule has 0 saturated carbocycles. The predicted molar refractivity (Wildman–Crippen MR) is 16.4 cm³/mol. The third-order valence-electron chi connectivity index (χ3n) is 0. The molecular formula is C2H4IN. The molecule has 0 amide bonds. The van der Waals surface area contributed by atoms with Gasteiger partial charge in [0.05, 0.1) is 0 Å². The summed E-state index contributed by atoms with van der Waals surface area (Å²) in [5.41, 5.74) is 0. The number of halogens is 1. The Labute approximate surface area is 42.5 Å². The largest absolute Gasteiger partial charge is 1.00 e. The van der Waals surface area contributed by atoms with Crippen molar-refractivity contribution < 1.29 is 24.0 Å². The van der Waals surface area contributed by atoms with E-state index in [1.807, 2.05) is 0 Å². The molecule has 0 aromatic heterocycles. The first-order valence-corrected chi connectivity index (χ1v) is 0.632. The Kier molecular flexibility index (Phi) is 24.1. The summed E-state index contributed by atoms with van der Waals surface area (Å²) < 4.78 is 3.00. The Morgan fingerprint density at radius 2 is 1.25 bits per heavy atom. The molecule has 0 N–H and O–H groups in total. The number of hydrogen-bond acceptors (Lipinski definition) is 0. The zero-order chi connectivity index (χ0) is 2.71. The summed E-state index contributed by atoms with van der Waals surface area (Å²) in [6.45, 7) is 6.00. The quantitative estimate of drug-likeness (QED) is 0.202. The van der Waals surface area contributed by atoms with Crippen molar-refractivity contribution in [2.24, 2.45) is 0 Å². The van der Waals surface area contributed by atoms with Crippen LogP contribution in [0, 0.1) is 0 Å². The van der Waals surface area contributed by atoms with Gasteiger partial charge in [0.15, 0.2) is 0 Å². The van der Waals surface area contributed by atoms with Crippen LogP contribution in [0.1, 0.15) is 0 Å². The van der Waals surface area contributed by atoms with Crippen LogP contribution in [0.15, 0.2) is 0 Å². The van der Waals surface area contributed by atoms with Gasteiger partial charge in [0.1, 0.15) is 0 Å². The van der Waals surface area contributed by atoms with Crippen molar-refractivity contribution >= 4 is 13.4 Å². The molecule has 4 heavy (non-hydrogen) atoms. The average Bonchev–Trinajstić information content (AvgIpc) is 0.918. The molecule has 1 nitrogen and oxygen atoms in total. The molecule has 0 spiro atoms. The molecule has 0 saturated heterocycles. The molecule has 0 fully saturated rings. The Bertz CT molecular complexity index is 27.0. The molecule has 0 aliphatic carbocycles. The van der Waals surface area contributed by atoms with E-state index in [9.17, 15) is 0 Å². The minimum absolute atomic E-state index is 0. The average molecular weight is 169 g/mol. The van der Waals surface area contributed by atoms with E-state index < -0.39 is 0 Å². The highest BCUT2D eigenvalue weighted by Gasteiger charge is 1.09. The Hall–Kier alpha value is 0.180. The minimum atomic E-state index is 0. The van der Waals surface area contributed by atoms with Gasteiger partial charge in [-0.3, -0.25) is 0 Å². The molecule has 24 valence electrons. The van der Waals surface area contributed by atoms with Gasteiger partial charge in [0.25, 0.3) is 13.4 Å². The zero-order valence-corrected chi connectivity index (χ0v) is 4.40. The van der Waals surface area contributed by atoms with Gasteiger partial charge in [-0.05, 0) is 0 Å². The third-order valence-corrected chi connectivity index (χ3v) is 0. The first kappa shape index (κ1) is 8.89. The van der Waals surface area contributed by atoms with E-state index in [2.05, 4.69) is 18.1 Å². The fourth-order valence-electron chi connectivity index (χ4n) is 0. The smallest absolute Gasteiger partial charge is 0.256 e. The van der Waals surface area contributed by atoms with Crippen LogP contribution in [-0.4, -0.2) is 13.4 Å². The summed E-state index contributed by atoms with van der Waals surface area (Å²) in [7, 11) is 0. The first-order valence-electron chi connectivity index (χ1n) is 0.632. The van der Waals surface area contributed by atoms with Crippen LogP contribution in [0.3, 0.4) is 0 Å². The zero-order valence-electron chi connectivity index (χ0n) is 2.24. The molecule has 0 aliphatic heterocycles. The van der Waals surface area contributed by atoms with E-state index in [1.54, 1.807) is 0 Å². The second-order valence-corrected chi connectivity index (χ2v) is 0.224. The van der Waals surface area contributed by atoms with Crippen molar-refractivity contribution in [3.05, 3.63) is 0 Å². The second-order valence-electron chi connectivity index (χ2n) is 0.224. The van der Waals surface area contributed by atoms with Crippen LogP contribution in [0.25, 0.3) is 0 Å².